The third-order valence-electron chi connectivity index (χ3n) is 5.91. The number of carbonyl (C=O) groups excluding carboxylic acids is 2. The summed E-state index contributed by atoms with van der Waals surface area (Å²) in [5, 5.41) is 6.41. The molecule has 3 heterocycles. The van der Waals surface area contributed by atoms with Crippen LogP contribution in [0.15, 0.2) is 12.1 Å². The molecule has 6 nitrogen and oxygen atoms in total. The van der Waals surface area contributed by atoms with Crippen LogP contribution < -0.4 is 21.3 Å². The molecule has 1 unspecified atom stereocenters. The molecule has 3 aliphatic heterocycles. The fraction of sp³-hybridized carbons (Fsp3) is 0.579. The number of amides is 2. The molecular weight excluding hydrogens is 387 g/mol. The maximum atomic E-state index is 12.3. The molecule has 1 atom stereocenters. The van der Waals surface area contributed by atoms with Gasteiger partial charge in [-0.25, -0.2) is 0 Å². The SMILES string of the molecule is Cl.Cl.NC(=O)c1cc2c(cc1N1CCCC1)NC(=O)CC2C1CCNCC1. The van der Waals surface area contributed by atoms with Crippen LogP contribution in [0.5, 0.6) is 0 Å². The molecule has 2 saturated heterocycles. The second kappa shape index (κ2) is 9.13. The van der Waals surface area contributed by atoms with Crippen LogP contribution in [0.25, 0.3) is 0 Å². The van der Waals surface area contributed by atoms with Crippen molar-refractivity contribution in [3.63, 3.8) is 0 Å². The van der Waals surface area contributed by atoms with E-state index in [9.17, 15) is 9.59 Å². The van der Waals surface area contributed by atoms with Crippen molar-refractivity contribution in [3.05, 3.63) is 23.3 Å². The largest absolute Gasteiger partial charge is 0.371 e. The summed E-state index contributed by atoms with van der Waals surface area (Å²) < 4.78 is 0. The van der Waals surface area contributed by atoms with Crippen LogP contribution in [0.1, 0.15) is 53.9 Å². The second-order valence-electron chi connectivity index (χ2n) is 7.46. The van der Waals surface area contributed by atoms with Gasteiger partial charge in [0.05, 0.1) is 11.3 Å². The Bertz CT molecular complexity index is 701. The van der Waals surface area contributed by atoms with Gasteiger partial charge in [-0.1, -0.05) is 0 Å². The molecule has 4 N–H and O–H groups in total. The standard InChI is InChI=1S/C19H26N4O2.2ClH/c20-19(25)15-9-14-13(12-3-5-21-6-4-12)10-18(24)22-16(14)11-17(15)23-7-1-2-8-23;;/h9,11-13,21H,1-8,10H2,(H2,20,25)(H,22,24);2*1H. The molecule has 1 aromatic rings. The molecule has 3 aliphatic rings. The van der Waals surface area contributed by atoms with E-state index in [0.29, 0.717) is 17.9 Å². The number of piperidine rings is 1. The van der Waals surface area contributed by atoms with E-state index in [1.807, 2.05) is 12.1 Å². The summed E-state index contributed by atoms with van der Waals surface area (Å²) in [6.07, 6.45) is 4.88. The number of fused-ring (bicyclic) bond motifs is 1. The zero-order valence-electron chi connectivity index (χ0n) is 15.3. The van der Waals surface area contributed by atoms with Crippen LogP contribution in [0.2, 0.25) is 0 Å². The highest BCUT2D eigenvalue weighted by Gasteiger charge is 2.34. The van der Waals surface area contributed by atoms with Crippen molar-refractivity contribution < 1.29 is 9.59 Å². The first-order valence-corrected chi connectivity index (χ1v) is 9.37. The number of hydrogen-bond donors (Lipinski definition) is 3. The van der Waals surface area contributed by atoms with Gasteiger partial charge in [0.1, 0.15) is 0 Å². The minimum atomic E-state index is -0.384. The van der Waals surface area contributed by atoms with Gasteiger partial charge in [0.15, 0.2) is 0 Å². The van der Waals surface area contributed by atoms with Crippen molar-refractivity contribution in [2.75, 3.05) is 36.4 Å². The van der Waals surface area contributed by atoms with Crippen molar-refractivity contribution in [2.45, 2.75) is 38.0 Å². The number of benzene rings is 1. The van der Waals surface area contributed by atoms with Crippen LogP contribution in [-0.4, -0.2) is 38.0 Å². The third-order valence-corrected chi connectivity index (χ3v) is 5.91. The summed E-state index contributed by atoms with van der Waals surface area (Å²) in [6, 6.07) is 3.93. The summed E-state index contributed by atoms with van der Waals surface area (Å²) in [5.41, 5.74) is 9.12. The Labute approximate surface area is 172 Å². The highest BCUT2D eigenvalue weighted by molar-refractivity contribution is 6.02. The van der Waals surface area contributed by atoms with Gasteiger partial charge in [0.25, 0.3) is 5.91 Å². The Morgan fingerprint density at radius 2 is 1.78 bits per heavy atom. The Kier molecular flexibility index (Phi) is 7.37. The van der Waals surface area contributed by atoms with Crippen molar-refractivity contribution in [2.24, 2.45) is 11.7 Å². The number of nitrogens with two attached hydrogens (primary N) is 1. The number of rotatable bonds is 3. The Morgan fingerprint density at radius 1 is 1.11 bits per heavy atom. The van der Waals surface area contributed by atoms with Gasteiger partial charge in [-0.15, -0.1) is 24.8 Å². The summed E-state index contributed by atoms with van der Waals surface area (Å²) in [5.74, 6) is 0.349. The number of halogens is 2. The maximum absolute atomic E-state index is 12.3. The van der Waals surface area contributed by atoms with Crippen molar-refractivity contribution in [1.82, 2.24) is 5.32 Å². The molecule has 2 fully saturated rings. The fourth-order valence-electron chi connectivity index (χ4n) is 4.62. The van der Waals surface area contributed by atoms with E-state index >= 15 is 0 Å². The maximum Gasteiger partial charge on any atom is 0.250 e. The molecule has 8 heteroatoms. The first-order valence-electron chi connectivity index (χ1n) is 9.37. The summed E-state index contributed by atoms with van der Waals surface area (Å²) in [7, 11) is 0. The van der Waals surface area contributed by atoms with Crippen molar-refractivity contribution >= 4 is 48.0 Å². The number of nitrogens with one attached hydrogen (secondary N) is 2. The number of primary amides is 1. The molecule has 27 heavy (non-hydrogen) atoms. The van der Waals surface area contributed by atoms with E-state index < -0.39 is 0 Å². The van der Waals surface area contributed by atoms with Gasteiger partial charge in [0, 0.05) is 25.2 Å². The second-order valence-corrected chi connectivity index (χ2v) is 7.46. The van der Waals surface area contributed by atoms with Gasteiger partial charge in [-0.3, -0.25) is 9.59 Å². The number of hydrogen-bond acceptors (Lipinski definition) is 4. The lowest BCUT2D eigenvalue weighted by Crippen LogP contribution is -2.35. The topological polar surface area (TPSA) is 87.5 Å². The molecule has 4 rings (SSSR count). The van der Waals surface area contributed by atoms with E-state index in [0.717, 1.165) is 68.8 Å². The molecule has 0 aliphatic carbocycles. The highest BCUT2D eigenvalue weighted by atomic mass is 35.5. The number of carbonyl (C=O) groups is 2. The zero-order valence-corrected chi connectivity index (χ0v) is 17.0. The van der Waals surface area contributed by atoms with Crippen LogP contribution in [0, 0.1) is 5.92 Å². The van der Waals surface area contributed by atoms with Crippen molar-refractivity contribution in [1.29, 1.82) is 0 Å². The summed E-state index contributed by atoms with van der Waals surface area (Å²) in [4.78, 5) is 26.6. The number of anilines is 2. The molecule has 0 spiro atoms. The average molecular weight is 415 g/mol. The van der Waals surface area contributed by atoms with Gasteiger partial charge < -0.3 is 21.3 Å². The van der Waals surface area contributed by atoms with Gasteiger partial charge >= 0.3 is 0 Å². The van der Waals surface area contributed by atoms with E-state index in [1.54, 1.807) is 0 Å². The monoisotopic (exact) mass is 414 g/mol. The molecule has 2 amide bonds. The molecule has 0 aromatic heterocycles. The van der Waals surface area contributed by atoms with Gasteiger partial charge in [0.2, 0.25) is 5.91 Å². The van der Waals surface area contributed by atoms with Crippen LogP contribution in [0.4, 0.5) is 11.4 Å². The van der Waals surface area contributed by atoms with Gasteiger partial charge in [-0.05, 0) is 68.3 Å². The highest BCUT2D eigenvalue weighted by Crippen LogP contribution is 2.43. The van der Waals surface area contributed by atoms with Crippen molar-refractivity contribution in [3.8, 4) is 0 Å². The number of nitrogens with zero attached hydrogens (tertiary/aromatic N) is 1. The van der Waals surface area contributed by atoms with Gasteiger partial charge in [-0.2, -0.15) is 0 Å². The Morgan fingerprint density at radius 3 is 2.41 bits per heavy atom. The minimum absolute atomic E-state index is 0. The lowest BCUT2D eigenvalue weighted by atomic mass is 9.75. The zero-order chi connectivity index (χ0) is 17.4. The van der Waals surface area contributed by atoms with E-state index in [1.165, 1.54) is 0 Å². The molecule has 0 saturated carbocycles. The van der Waals surface area contributed by atoms with Crippen LogP contribution in [-0.2, 0) is 4.79 Å². The first-order chi connectivity index (χ1) is 12.1. The quantitative estimate of drug-likeness (QED) is 0.709. The Balaban J connectivity index is 0.00000131. The molecular formula is C19H28Cl2N4O2. The fourth-order valence-corrected chi connectivity index (χ4v) is 4.62. The molecule has 0 bridgehead atoms. The average Bonchev–Trinajstić information content (AvgIpc) is 3.15. The minimum Gasteiger partial charge on any atom is -0.371 e. The van der Waals surface area contributed by atoms with E-state index in [-0.39, 0.29) is 42.5 Å². The van der Waals surface area contributed by atoms with E-state index in [4.69, 9.17) is 5.73 Å². The Hall–Kier alpha value is -1.50. The van der Waals surface area contributed by atoms with Crippen LogP contribution >= 0.6 is 24.8 Å². The normalized spacial score (nSPS) is 22.3. The molecule has 150 valence electrons. The molecule has 0 radical (unpaired) electrons. The first kappa shape index (κ1) is 21.8. The predicted molar refractivity (Wildman–Crippen MR) is 112 cm³/mol. The summed E-state index contributed by atoms with van der Waals surface area (Å²) >= 11 is 0. The third kappa shape index (κ3) is 4.33. The molecule has 1 aromatic carbocycles. The van der Waals surface area contributed by atoms with Crippen LogP contribution in [0.3, 0.4) is 0 Å². The van der Waals surface area contributed by atoms with E-state index in [2.05, 4.69) is 15.5 Å². The predicted octanol–water partition coefficient (Wildman–Crippen LogP) is 2.65. The smallest absolute Gasteiger partial charge is 0.250 e. The lowest BCUT2D eigenvalue weighted by molar-refractivity contribution is -0.117. The summed E-state index contributed by atoms with van der Waals surface area (Å²) in [6.45, 7) is 3.86. The lowest BCUT2D eigenvalue weighted by Gasteiger charge is -2.35.